The van der Waals surface area contributed by atoms with Gasteiger partial charge in [-0.15, -0.1) is 0 Å². The van der Waals surface area contributed by atoms with Gasteiger partial charge in [0.2, 0.25) is 11.8 Å². The van der Waals surface area contributed by atoms with Crippen molar-refractivity contribution in [3.8, 4) is 5.75 Å². The van der Waals surface area contributed by atoms with Crippen molar-refractivity contribution in [3.05, 3.63) is 45.0 Å². The van der Waals surface area contributed by atoms with Gasteiger partial charge in [0.05, 0.1) is 24.5 Å². The van der Waals surface area contributed by atoms with E-state index < -0.39 is 5.97 Å². The van der Waals surface area contributed by atoms with Crippen LogP contribution in [0.4, 0.5) is 0 Å². The maximum absolute atomic E-state index is 13.3. The third kappa shape index (κ3) is 5.59. The van der Waals surface area contributed by atoms with Gasteiger partial charge in [-0.2, -0.15) is 0 Å². The lowest BCUT2D eigenvalue weighted by molar-refractivity contribution is -0.141. The first-order chi connectivity index (χ1) is 17.2. The lowest BCUT2D eigenvalue weighted by Crippen LogP contribution is -2.34. The highest BCUT2D eigenvalue weighted by molar-refractivity contribution is 9.10. The number of nitrogens with zero attached hydrogens (tertiary/aromatic N) is 1. The number of hydrogen-bond donors (Lipinski definition) is 2. The number of phenolic OH excluding ortho intramolecular Hbond substituents is 1. The number of rotatable bonds is 10. The number of carbonyl (C=O) groups excluding carboxylic acids is 2. The Bertz CT molecular complexity index is 1110. The minimum absolute atomic E-state index is 0.0550. The molecule has 0 spiro atoms. The summed E-state index contributed by atoms with van der Waals surface area (Å²) in [4.78, 5) is 38.5. The number of hydrogen-bond acceptors (Lipinski definition) is 5. The number of ether oxygens (including phenoxy) is 1. The maximum Gasteiger partial charge on any atom is 0.303 e. The molecule has 2 amide bonds. The predicted octanol–water partition coefficient (Wildman–Crippen LogP) is 5.32. The molecule has 3 aliphatic rings. The number of carbonyl (C=O) groups is 3. The smallest absolute Gasteiger partial charge is 0.303 e. The number of imide groups is 1. The van der Waals surface area contributed by atoms with E-state index in [1.165, 1.54) is 16.0 Å². The average Bonchev–Trinajstić information content (AvgIpc) is 3.35. The van der Waals surface area contributed by atoms with Gasteiger partial charge in [0.1, 0.15) is 5.75 Å². The van der Waals surface area contributed by atoms with Crippen LogP contribution < -0.4 is 0 Å². The standard InChI is InChI=1S/C28H34BrNO6/c1-16(12-18-14-19(29)8-9-22(18)31)7-10-23-25-17(2)13-20-26(21(25)15-36-23)28(35)30(27(20)34)11-5-3-4-6-24(32)33/h8-9,12,14,20-21,23,26,31H,3-7,10-11,13,15H2,1-2H3,(H,32,33)/b16-12+/t20-,21+,23-,26-/m1/s1. The maximum atomic E-state index is 13.3. The number of aliphatic carboxylic acids is 1. The number of fused-ring (bicyclic) bond motifs is 3. The van der Waals surface area contributed by atoms with Gasteiger partial charge in [0.15, 0.2) is 0 Å². The highest BCUT2D eigenvalue weighted by atomic mass is 79.9. The Balaban J connectivity index is 1.39. The highest BCUT2D eigenvalue weighted by Gasteiger charge is 2.56. The fourth-order valence-electron chi connectivity index (χ4n) is 5.98. The lowest BCUT2D eigenvalue weighted by Gasteiger charge is -2.30. The first kappa shape index (κ1) is 26.6. The van der Waals surface area contributed by atoms with Crippen LogP contribution in [0, 0.1) is 17.8 Å². The minimum Gasteiger partial charge on any atom is -0.507 e. The van der Waals surface area contributed by atoms with Gasteiger partial charge < -0.3 is 14.9 Å². The third-order valence-electron chi connectivity index (χ3n) is 7.71. The number of likely N-dealkylation sites (tertiary alicyclic amines) is 1. The zero-order valence-electron chi connectivity index (χ0n) is 20.8. The Morgan fingerprint density at radius 3 is 2.69 bits per heavy atom. The molecular weight excluding hydrogens is 526 g/mol. The number of unbranched alkanes of at least 4 members (excludes halogenated alkanes) is 2. The van der Waals surface area contributed by atoms with E-state index in [-0.39, 0.29) is 47.8 Å². The van der Waals surface area contributed by atoms with Gasteiger partial charge in [0, 0.05) is 28.9 Å². The molecule has 4 rings (SSSR count). The van der Waals surface area contributed by atoms with Gasteiger partial charge in [-0.05, 0) is 69.7 Å². The molecular formula is C28H34BrNO6. The second-order valence-electron chi connectivity index (χ2n) is 10.3. The molecule has 1 aromatic rings. The SMILES string of the molecule is CC1=C2[C@@H](CC/C(C)=C/c3cc(Br)ccc3O)OC[C@@H]2[C@@H]2C(=O)N(CCCCCC(=O)O)C(=O)[C@@H]2C1. The van der Waals surface area contributed by atoms with Crippen LogP contribution in [0.2, 0.25) is 0 Å². The molecule has 0 bridgehead atoms. The van der Waals surface area contributed by atoms with Gasteiger partial charge >= 0.3 is 5.97 Å². The molecule has 194 valence electrons. The normalized spacial score (nSPS) is 26.0. The zero-order valence-corrected chi connectivity index (χ0v) is 22.4. The Hall–Kier alpha value is -2.45. The van der Waals surface area contributed by atoms with E-state index in [1.807, 2.05) is 19.1 Å². The number of halogens is 1. The molecule has 0 aromatic heterocycles. The first-order valence-corrected chi connectivity index (χ1v) is 13.5. The van der Waals surface area contributed by atoms with E-state index in [2.05, 4.69) is 22.9 Å². The van der Waals surface area contributed by atoms with E-state index >= 15 is 0 Å². The fourth-order valence-corrected chi connectivity index (χ4v) is 6.35. The van der Waals surface area contributed by atoms with Crippen molar-refractivity contribution in [3.63, 3.8) is 0 Å². The monoisotopic (exact) mass is 559 g/mol. The van der Waals surface area contributed by atoms with E-state index in [0.717, 1.165) is 28.5 Å². The van der Waals surface area contributed by atoms with Crippen LogP contribution in [0.15, 0.2) is 39.4 Å². The molecule has 2 fully saturated rings. The summed E-state index contributed by atoms with van der Waals surface area (Å²) in [6, 6.07) is 5.35. The summed E-state index contributed by atoms with van der Waals surface area (Å²) < 4.78 is 7.10. The molecule has 2 heterocycles. The molecule has 36 heavy (non-hydrogen) atoms. The second kappa shape index (κ2) is 11.3. The van der Waals surface area contributed by atoms with Gasteiger partial charge in [-0.25, -0.2) is 0 Å². The molecule has 4 atom stereocenters. The molecule has 2 saturated heterocycles. The fraction of sp³-hybridized carbons (Fsp3) is 0.536. The predicted molar refractivity (Wildman–Crippen MR) is 139 cm³/mol. The van der Waals surface area contributed by atoms with Crippen molar-refractivity contribution >= 4 is 39.8 Å². The summed E-state index contributed by atoms with van der Waals surface area (Å²) in [5, 5.41) is 18.9. The summed E-state index contributed by atoms with van der Waals surface area (Å²) >= 11 is 3.44. The van der Waals surface area contributed by atoms with Crippen molar-refractivity contribution in [2.75, 3.05) is 13.2 Å². The van der Waals surface area contributed by atoms with Crippen LogP contribution in [0.25, 0.3) is 6.08 Å². The second-order valence-corrected chi connectivity index (χ2v) is 11.2. The molecule has 7 nitrogen and oxygen atoms in total. The Kier molecular flexibility index (Phi) is 8.35. The number of carboxylic acid groups (broad SMARTS) is 1. The van der Waals surface area contributed by atoms with Crippen molar-refractivity contribution in [2.24, 2.45) is 17.8 Å². The van der Waals surface area contributed by atoms with Crippen LogP contribution in [-0.2, 0) is 19.1 Å². The van der Waals surface area contributed by atoms with E-state index in [9.17, 15) is 19.5 Å². The summed E-state index contributed by atoms with van der Waals surface area (Å²) in [5.41, 5.74) is 4.25. The largest absolute Gasteiger partial charge is 0.507 e. The molecule has 0 saturated carbocycles. The Labute approximate surface area is 220 Å². The van der Waals surface area contributed by atoms with Crippen molar-refractivity contribution in [1.82, 2.24) is 4.90 Å². The third-order valence-corrected chi connectivity index (χ3v) is 8.20. The molecule has 8 heteroatoms. The van der Waals surface area contributed by atoms with E-state index in [0.29, 0.717) is 38.8 Å². The number of carboxylic acids is 1. The Morgan fingerprint density at radius 2 is 1.94 bits per heavy atom. The number of allylic oxidation sites excluding steroid dienone is 2. The summed E-state index contributed by atoms with van der Waals surface area (Å²) in [5.74, 6) is -1.48. The number of benzene rings is 1. The van der Waals surface area contributed by atoms with Crippen molar-refractivity contribution < 1.29 is 29.3 Å². The van der Waals surface area contributed by atoms with Crippen LogP contribution in [0.1, 0.15) is 64.4 Å². The van der Waals surface area contributed by atoms with Crippen LogP contribution in [0.3, 0.4) is 0 Å². The first-order valence-electron chi connectivity index (χ1n) is 12.7. The summed E-state index contributed by atoms with van der Waals surface area (Å²) in [6.45, 7) is 4.93. The Morgan fingerprint density at radius 1 is 1.17 bits per heavy atom. The molecule has 0 unspecified atom stereocenters. The highest BCUT2D eigenvalue weighted by Crippen LogP contribution is 2.49. The van der Waals surface area contributed by atoms with Crippen molar-refractivity contribution in [2.45, 2.75) is 64.9 Å². The number of amides is 2. The molecule has 2 aliphatic heterocycles. The quantitative estimate of drug-likeness (QED) is 0.228. The lowest BCUT2D eigenvalue weighted by atomic mass is 9.70. The number of aromatic hydroxyl groups is 1. The van der Waals surface area contributed by atoms with Crippen LogP contribution >= 0.6 is 15.9 Å². The topological polar surface area (TPSA) is 104 Å². The van der Waals surface area contributed by atoms with E-state index in [4.69, 9.17) is 9.84 Å². The minimum atomic E-state index is -0.823. The van der Waals surface area contributed by atoms with Gasteiger partial charge in [-0.3, -0.25) is 19.3 Å². The average molecular weight is 560 g/mol. The van der Waals surface area contributed by atoms with Gasteiger partial charge in [0.25, 0.3) is 0 Å². The van der Waals surface area contributed by atoms with E-state index in [1.54, 1.807) is 12.1 Å². The number of phenols is 1. The van der Waals surface area contributed by atoms with Gasteiger partial charge in [-0.1, -0.05) is 39.6 Å². The van der Waals surface area contributed by atoms with Crippen molar-refractivity contribution in [1.29, 1.82) is 0 Å². The van der Waals surface area contributed by atoms with Crippen LogP contribution in [0.5, 0.6) is 5.75 Å². The molecule has 2 N–H and O–H groups in total. The molecule has 1 aromatic carbocycles. The summed E-state index contributed by atoms with van der Waals surface area (Å²) in [6.07, 6.45) is 6.07. The molecule has 0 radical (unpaired) electrons. The van der Waals surface area contributed by atoms with Crippen LogP contribution in [-0.4, -0.2) is 52.2 Å². The molecule has 1 aliphatic carbocycles. The summed E-state index contributed by atoms with van der Waals surface area (Å²) in [7, 11) is 0. The zero-order chi connectivity index (χ0) is 26.0.